The van der Waals surface area contributed by atoms with Gasteiger partial charge in [0.15, 0.2) is 0 Å². The molecule has 2 N–H and O–H groups in total. The van der Waals surface area contributed by atoms with E-state index in [2.05, 4.69) is 26.2 Å². The maximum absolute atomic E-state index is 5.47. The van der Waals surface area contributed by atoms with Crippen LogP contribution in [-0.4, -0.2) is 27.3 Å². The van der Waals surface area contributed by atoms with Crippen LogP contribution in [0, 0.1) is 0 Å². The van der Waals surface area contributed by atoms with Crippen molar-refractivity contribution in [3.8, 4) is 28.1 Å². The molecule has 0 spiro atoms. The molecule has 0 aliphatic carbocycles. The zero-order chi connectivity index (χ0) is 14.9. The van der Waals surface area contributed by atoms with Crippen LogP contribution in [0.3, 0.4) is 0 Å². The summed E-state index contributed by atoms with van der Waals surface area (Å²) in [5, 5.41) is 8.01. The van der Waals surface area contributed by atoms with Crippen molar-refractivity contribution in [2.45, 2.75) is 0 Å². The number of nitrogens with one attached hydrogen (secondary N) is 2. The summed E-state index contributed by atoms with van der Waals surface area (Å²) in [6.45, 7) is 0. The van der Waals surface area contributed by atoms with Crippen LogP contribution in [0.4, 0.5) is 0 Å². The summed E-state index contributed by atoms with van der Waals surface area (Å²) >= 11 is 0. The van der Waals surface area contributed by atoms with Gasteiger partial charge < -0.3 is 9.72 Å². The number of nitrogens with zero attached hydrogens (tertiary/aromatic N) is 2. The zero-order valence-electron chi connectivity index (χ0n) is 12.0. The third-order valence-corrected chi connectivity index (χ3v) is 3.74. The molecule has 4 aromatic rings. The molecule has 0 aliphatic rings. The van der Waals surface area contributed by atoms with Crippen LogP contribution in [0.25, 0.3) is 33.4 Å². The Balaban J connectivity index is 1.93. The molecule has 0 saturated carbocycles. The van der Waals surface area contributed by atoms with Crippen LogP contribution in [0.5, 0.6) is 5.75 Å². The second-order valence-electron chi connectivity index (χ2n) is 4.99. The number of rotatable bonds is 3. The molecule has 5 heteroatoms. The molecule has 22 heavy (non-hydrogen) atoms. The van der Waals surface area contributed by atoms with Crippen LogP contribution in [0.1, 0.15) is 0 Å². The van der Waals surface area contributed by atoms with Gasteiger partial charge in [-0.25, -0.2) is 4.98 Å². The fourth-order valence-electron chi connectivity index (χ4n) is 2.66. The second kappa shape index (κ2) is 5.04. The molecule has 4 rings (SSSR count). The molecule has 108 valence electrons. The number of hydrogen-bond donors (Lipinski definition) is 2. The number of aromatic amines is 2. The van der Waals surface area contributed by atoms with Crippen LogP contribution in [0.15, 0.2) is 55.0 Å². The van der Waals surface area contributed by atoms with Crippen molar-refractivity contribution in [2.24, 2.45) is 0 Å². The number of ether oxygens (including phenoxy) is 1. The number of aromatic nitrogens is 4. The molecule has 0 aliphatic heterocycles. The van der Waals surface area contributed by atoms with E-state index in [0.29, 0.717) is 0 Å². The Morgan fingerprint density at radius 1 is 1.09 bits per heavy atom. The summed E-state index contributed by atoms with van der Waals surface area (Å²) in [7, 11) is 1.68. The summed E-state index contributed by atoms with van der Waals surface area (Å²) in [6, 6.07) is 12.0. The minimum absolute atomic E-state index is 0.843. The molecule has 0 radical (unpaired) electrons. The Kier molecular flexibility index (Phi) is 2.89. The summed E-state index contributed by atoms with van der Waals surface area (Å²) in [4.78, 5) is 7.71. The highest BCUT2D eigenvalue weighted by Gasteiger charge is 2.12. The number of hydrogen-bond acceptors (Lipinski definition) is 3. The van der Waals surface area contributed by atoms with Crippen LogP contribution < -0.4 is 4.74 Å². The second-order valence-corrected chi connectivity index (χ2v) is 4.99. The highest BCUT2D eigenvalue weighted by atomic mass is 16.5. The van der Waals surface area contributed by atoms with Gasteiger partial charge in [0.1, 0.15) is 11.4 Å². The van der Waals surface area contributed by atoms with Crippen LogP contribution in [0.2, 0.25) is 0 Å². The lowest BCUT2D eigenvalue weighted by molar-refractivity contribution is 0.416. The number of methoxy groups -OCH3 is 1. The minimum atomic E-state index is 0.843. The van der Waals surface area contributed by atoms with Crippen molar-refractivity contribution in [1.82, 2.24) is 20.2 Å². The molecule has 1 aromatic carbocycles. The highest BCUT2D eigenvalue weighted by molar-refractivity contribution is 5.97. The van der Waals surface area contributed by atoms with Gasteiger partial charge in [-0.2, -0.15) is 5.10 Å². The summed E-state index contributed by atoms with van der Waals surface area (Å²) < 4.78 is 5.47. The van der Waals surface area contributed by atoms with Crippen LogP contribution >= 0.6 is 0 Å². The van der Waals surface area contributed by atoms with E-state index in [1.807, 2.05) is 42.7 Å². The molecule has 0 atom stereocenters. The van der Waals surface area contributed by atoms with Crippen molar-refractivity contribution in [1.29, 1.82) is 0 Å². The molecule has 0 bridgehead atoms. The number of benzene rings is 1. The quantitative estimate of drug-likeness (QED) is 0.605. The van der Waals surface area contributed by atoms with Gasteiger partial charge in [-0.05, 0) is 18.2 Å². The third-order valence-electron chi connectivity index (χ3n) is 3.74. The average Bonchev–Trinajstić information content (AvgIpc) is 3.23. The monoisotopic (exact) mass is 290 g/mol. The zero-order valence-corrected chi connectivity index (χ0v) is 12.0. The summed E-state index contributed by atoms with van der Waals surface area (Å²) in [5.74, 6) is 0.843. The number of fused-ring (bicyclic) bond motifs is 1. The van der Waals surface area contributed by atoms with Gasteiger partial charge in [0.25, 0.3) is 0 Å². The van der Waals surface area contributed by atoms with Gasteiger partial charge >= 0.3 is 0 Å². The molecule has 0 fully saturated rings. The molecule has 3 aromatic heterocycles. The lowest BCUT2D eigenvalue weighted by Gasteiger charge is -2.07. The van der Waals surface area contributed by atoms with E-state index in [-0.39, 0.29) is 0 Å². The lowest BCUT2D eigenvalue weighted by atomic mass is 10.0. The van der Waals surface area contributed by atoms with Crippen molar-refractivity contribution in [3.05, 3.63) is 55.0 Å². The average molecular weight is 290 g/mol. The molecule has 0 unspecified atom stereocenters. The Hall–Kier alpha value is -3.08. The largest absolute Gasteiger partial charge is 0.496 e. The lowest BCUT2D eigenvalue weighted by Crippen LogP contribution is -1.87. The molecular weight excluding hydrogens is 276 g/mol. The van der Waals surface area contributed by atoms with Gasteiger partial charge in [0.2, 0.25) is 0 Å². The first-order valence-corrected chi connectivity index (χ1v) is 6.97. The standard InChI is InChI=1S/C17H14N4O/c1-22-16-5-3-2-4-12(16)14-10-19-17-13(14)8-11(9-18-17)15-6-7-20-21-15/h2-10H,1H3,(H,18,19)(H,20,21). The molecule has 0 saturated heterocycles. The van der Waals surface area contributed by atoms with E-state index in [9.17, 15) is 0 Å². The molecule has 5 nitrogen and oxygen atoms in total. The van der Waals surface area contributed by atoms with Gasteiger partial charge in [-0.15, -0.1) is 0 Å². The van der Waals surface area contributed by atoms with Gasteiger partial charge in [0, 0.05) is 40.7 Å². The molecule has 0 amide bonds. The highest BCUT2D eigenvalue weighted by Crippen LogP contribution is 2.35. The smallest absolute Gasteiger partial charge is 0.137 e. The number of para-hydroxylation sites is 1. The third kappa shape index (κ3) is 1.95. The van der Waals surface area contributed by atoms with Gasteiger partial charge in [0.05, 0.1) is 12.8 Å². The van der Waals surface area contributed by atoms with E-state index in [1.54, 1.807) is 13.3 Å². The normalized spacial score (nSPS) is 11.0. The van der Waals surface area contributed by atoms with Crippen molar-refractivity contribution < 1.29 is 4.74 Å². The fourth-order valence-corrected chi connectivity index (χ4v) is 2.66. The Morgan fingerprint density at radius 2 is 2.00 bits per heavy atom. The first kappa shape index (κ1) is 12.6. The summed E-state index contributed by atoms with van der Waals surface area (Å²) in [6.07, 6.45) is 5.53. The first-order valence-electron chi connectivity index (χ1n) is 6.97. The maximum atomic E-state index is 5.47. The van der Waals surface area contributed by atoms with Gasteiger partial charge in [-0.1, -0.05) is 18.2 Å². The van der Waals surface area contributed by atoms with E-state index < -0.39 is 0 Å². The molecular formula is C17H14N4O. The van der Waals surface area contributed by atoms with Crippen LogP contribution in [-0.2, 0) is 0 Å². The van der Waals surface area contributed by atoms with Crippen molar-refractivity contribution >= 4 is 11.0 Å². The van der Waals surface area contributed by atoms with E-state index in [4.69, 9.17) is 4.74 Å². The number of pyridine rings is 1. The Morgan fingerprint density at radius 3 is 2.82 bits per heavy atom. The molecule has 3 heterocycles. The van der Waals surface area contributed by atoms with E-state index in [0.717, 1.165) is 39.2 Å². The Bertz CT molecular complexity index is 925. The van der Waals surface area contributed by atoms with Crippen molar-refractivity contribution in [3.63, 3.8) is 0 Å². The van der Waals surface area contributed by atoms with E-state index >= 15 is 0 Å². The topological polar surface area (TPSA) is 66.6 Å². The number of H-pyrrole nitrogens is 2. The van der Waals surface area contributed by atoms with Crippen molar-refractivity contribution in [2.75, 3.05) is 7.11 Å². The Labute approximate surface area is 127 Å². The summed E-state index contributed by atoms with van der Waals surface area (Å²) in [5.41, 5.74) is 4.91. The first-order chi connectivity index (χ1) is 10.9. The maximum Gasteiger partial charge on any atom is 0.137 e. The minimum Gasteiger partial charge on any atom is -0.496 e. The SMILES string of the molecule is COc1ccccc1-c1c[nH]c2ncc(-c3ccn[nH]3)cc12. The predicted octanol–water partition coefficient (Wildman–Crippen LogP) is 3.63. The van der Waals surface area contributed by atoms with Gasteiger partial charge in [-0.3, -0.25) is 5.10 Å². The predicted molar refractivity (Wildman–Crippen MR) is 85.7 cm³/mol. The fraction of sp³-hybridized carbons (Fsp3) is 0.0588. The van der Waals surface area contributed by atoms with E-state index in [1.165, 1.54) is 0 Å².